The number of rotatable bonds is 5. The lowest BCUT2D eigenvalue weighted by molar-refractivity contribution is -0.646. The summed E-state index contributed by atoms with van der Waals surface area (Å²) in [6.07, 6.45) is 7.71. The number of aromatic nitrogens is 3. The van der Waals surface area contributed by atoms with Crippen LogP contribution in [0, 0.1) is 0 Å². The van der Waals surface area contributed by atoms with Crippen molar-refractivity contribution in [3.8, 4) is 5.75 Å². The highest BCUT2D eigenvalue weighted by Crippen LogP contribution is 2.24. The van der Waals surface area contributed by atoms with E-state index in [1.165, 1.54) is 22.4 Å². The van der Waals surface area contributed by atoms with Gasteiger partial charge in [-0.15, -0.1) is 0 Å². The van der Waals surface area contributed by atoms with Gasteiger partial charge in [0, 0.05) is 18.9 Å². The molecule has 2 aromatic heterocycles. The van der Waals surface area contributed by atoms with E-state index in [1.54, 1.807) is 7.11 Å². The number of methoxy groups -OCH3 is 1. The Kier molecular flexibility index (Phi) is 5.91. The third-order valence-corrected chi connectivity index (χ3v) is 4.67. The molecular weight excluding hydrogens is 402 g/mol. The molecule has 0 radical (unpaired) electrons. The van der Waals surface area contributed by atoms with Crippen LogP contribution in [0.15, 0.2) is 73.2 Å². The summed E-state index contributed by atoms with van der Waals surface area (Å²) in [4.78, 5) is 4.44. The highest BCUT2D eigenvalue weighted by Gasteiger charge is 2.15. The molecule has 2 heterocycles. The summed E-state index contributed by atoms with van der Waals surface area (Å²) < 4.78 is 9.85. The second kappa shape index (κ2) is 8.35. The van der Waals surface area contributed by atoms with Crippen molar-refractivity contribution in [1.82, 2.24) is 9.38 Å². The van der Waals surface area contributed by atoms with Crippen molar-refractivity contribution in [3.63, 3.8) is 0 Å². The molecule has 138 valence electrons. The minimum absolute atomic E-state index is 0. The van der Waals surface area contributed by atoms with E-state index in [-0.39, 0.29) is 17.0 Å². The Morgan fingerprint density at radius 3 is 2.59 bits per heavy atom. The van der Waals surface area contributed by atoms with Crippen molar-refractivity contribution in [2.45, 2.75) is 12.8 Å². The van der Waals surface area contributed by atoms with Crippen molar-refractivity contribution in [3.05, 3.63) is 95.6 Å². The summed E-state index contributed by atoms with van der Waals surface area (Å²) in [7, 11) is 3.76. The van der Waals surface area contributed by atoms with Crippen LogP contribution in [0.3, 0.4) is 0 Å². The number of hydrogen-bond acceptors (Lipinski definition) is 2. The minimum atomic E-state index is 0. The monoisotopic (exact) mass is 423 g/mol. The maximum Gasteiger partial charge on any atom is 0.403 e. The molecule has 0 aliphatic rings. The molecule has 0 bridgehead atoms. The summed E-state index contributed by atoms with van der Waals surface area (Å²) in [6.45, 7) is 0. The van der Waals surface area contributed by atoms with Gasteiger partial charge in [0.2, 0.25) is 0 Å². The first-order valence-electron chi connectivity index (χ1n) is 8.75. The van der Waals surface area contributed by atoms with Crippen LogP contribution in [-0.2, 0) is 19.9 Å². The summed E-state index contributed by atoms with van der Waals surface area (Å²) in [5.41, 5.74) is 4.92. The maximum atomic E-state index is 5.66. The average molecular weight is 424 g/mol. The van der Waals surface area contributed by atoms with E-state index in [0.717, 1.165) is 24.4 Å². The van der Waals surface area contributed by atoms with E-state index in [4.69, 9.17) is 4.74 Å². The number of fused-ring (bicyclic) bond motifs is 1. The fraction of sp³-hybridized carbons (Fsp3) is 0.182. The molecule has 2 aromatic carbocycles. The van der Waals surface area contributed by atoms with E-state index < -0.39 is 0 Å². The first-order valence-corrected chi connectivity index (χ1v) is 8.75. The van der Waals surface area contributed by atoms with Gasteiger partial charge in [-0.25, -0.2) is 8.97 Å². The van der Waals surface area contributed by atoms with Gasteiger partial charge >= 0.3 is 5.78 Å². The smallest absolute Gasteiger partial charge is 0.403 e. The van der Waals surface area contributed by atoms with Crippen molar-refractivity contribution in [2.24, 2.45) is 7.05 Å². The van der Waals surface area contributed by atoms with Gasteiger partial charge in [0.15, 0.2) is 0 Å². The number of ether oxygens (including phenoxy) is 1. The van der Waals surface area contributed by atoms with Crippen LogP contribution in [0.5, 0.6) is 5.75 Å². The third-order valence-electron chi connectivity index (χ3n) is 4.67. The number of aryl methyl sites for hydroxylation is 1. The average Bonchev–Trinajstić information content (AvgIpc) is 3.00. The lowest BCUT2D eigenvalue weighted by Crippen LogP contribution is -3.00. The third kappa shape index (κ3) is 4.03. The Bertz CT molecular complexity index is 1040. The predicted molar refractivity (Wildman–Crippen MR) is 101 cm³/mol. The highest BCUT2D eigenvalue weighted by atomic mass is 79.9. The van der Waals surface area contributed by atoms with Gasteiger partial charge < -0.3 is 21.7 Å². The van der Waals surface area contributed by atoms with Crippen LogP contribution in [0.4, 0.5) is 0 Å². The molecule has 0 N–H and O–H groups in total. The van der Waals surface area contributed by atoms with Gasteiger partial charge in [0.25, 0.3) is 0 Å². The SMILES string of the molecule is COc1cc(Cc2c[n+](C)c3ncccn23)ccc1Cc1ccccc1.[Br-]. The quantitative estimate of drug-likeness (QED) is 0.433. The summed E-state index contributed by atoms with van der Waals surface area (Å²) in [5, 5.41) is 0. The first kappa shape index (κ1) is 19.1. The minimum Gasteiger partial charge on any atom is -1.00 e. The van der Waals surface area contributed by atoms with Crippen LogP contribution in [0.25, 0.3) is 5.78 Å². The van der Waals surface area contributed by atoms with Crippen molar-refractivity contribution >= 4 is 5.78 Å². The number of nitrogens with zero attached hydrogens (tertiary/aromatic N) is 3. The maximum absolute atomic E-state index is 5.66. The zero-order valence-corrected chi connectivity index (χ0v) is 17.1. The fourth-order valence-corrected chi connectivity index (χ4v) is 3.39. The van der Waals surface area contributed by atoms with E-state index in [9.17, 15) is 0 Å². The predicted octanol–water partition coefficient (Wildman–Crippen LogP) is 0.353. The molecule has 0 aliphatic carbocycles. The summed E-state index contributed by atoms with van der Waals surface area (Å²) in [5.74, 6) is 1.88. The Morgan fingerprint density at radius 1 is 1.00 bits per heavy atom. The van der Waals surface area contributed by atoms with Crippen molar-refractivity contribution < 1.29 is 26.3 Å². The van der Waals surface area contributed by atoms with Gasteiger partial charge in [-0.2, -0.15) is 0 Å². The molecule has 0 spiro atoms. The topological polar surface area (TPSA) is 30.4 Å². The summed E-state index contributed by atoms with van der Waals surface area (Å²) in [6, 6.07) is 18.9. The molecule has 0 saturated heterocycles. The molecule has 0 amide bonds. The molecule has 4 aromatic rings. The van der Waals surface area contributed by atoms with Gasteiger partial charge in [-0.05, 0) is 22.8 Å². The number of halogens is 1. The van der Waals surface area contributed by atoms with Gasteiger partial charge in [-0.3, -0.25) is 0 Å². The van der Waals surface area contributed by atoms with Crippen LogP contribution in [0.1, 0.15) is 22.4 Å². The molecule has 27 heavy (non-hydrogen) atoms. The largest absolute Gasteiger partial charge is 1.00 e. The van der Waals surface area contributed by atoms with Crippen molar-refractivity contribution in [1.29, 1.82) is 0 Å². The zero-order chi connectivity index (χ0) is 17.9. The van der Waals surface area contributed by atoms with Gasteiger partial charge in [-0.1, -0.05) is 47.4 Å². The standard InChI is InChI=1S/C22H22N3O.BrH/c1-24-16-20(25-12-6-11-23-22(24)25)14-18-9-10-19(21(15-18)26-2)13-17-7-4-3-5-8-17;/h3-12,15-16H,13-14H2,1-2H3;1H/q+1;/p-1. The number of hydrogen-bond donors (Lipinski definition) is 0. The van der Waals surface area contributed by atoms with Gasteiger partial charge in [0.05, 0.1) is 20.4 Å². The van der Waals surface area contributed by atoms with E-state index in [1.807, 2.05) is 25.4 Å². The number of imidazole rings is 1. The van der Waals surface area contributed by atoms with Crippen molar-refractivity contribution in [2.75, 3.05) is 7.11 Å². The Balaban J connectivity index is 0.00000210. The highest BCUT2D eigenvalue weighted by molar-refractivity contribution is 5.42. The van der Waals surface area contributed by atoms with Crippen LogP contribution < -0.4 is 26.3 Å². The molecule has 0 aliphatic heterocycles. The Labute approximate surface area is 169 Å². The Morgan fingerprint density at radius 2 is 1.81 bits per heavy atom. The molecule has 5 heteroatoms. The van der Waals surface area contributed by atoms with E-state index in [0.29, 0.717) is 0 Å². The van der Waals surface area contributed by atoms with E-state index in [2.05, 4.69) is 68.8 Å². The van der Waals surface area contributed by atoms with Crippen LogP contribution in [0.2, 0.25) is 0 Å². The molecule has 0 saturated carbocycles. The molecule has 0 atom stereocenters. The lowest BCUT2D eigenvalue weighted by Gasteiger charge is -2.10. The Hall–Kier alpha value is -2.66. The lowest BCUT2D eigenvalue weighted by atomic mass is 10.0. The molecular formula is C22H22BrN3O. The van der Waals surface area contributed by atoms with Crippen LogP contribution >= 0.6 is 0 Å². The molecule has 0 fully saturated rings. The number of benzene rings is 2. The first-order chi connectivity index (χ1) is 12.7. The summed E-state index contributed by atoms with van der Waals surface area (Å²) >= 11 is 0. The molecule has 4 nitrogen and oxygen atoms in total. The van der Waals surface area contributed by atoms with E-state index >= 15 is 0 Å². The molecule has 4 rings (SSSR count). The normalized spacial score (nSPS) is 10.6. The van der Waals surface area contributed by atoms with Gasteiger partial charge in [0.1, 0.15) is 23.8 Å². The van der Waals surface area contributed by atoms with Crippen LogP contribution in [-0.4, -0.2) is 16.5 Å². The second-order valence-electron chi connectivity index (χ2n) is 6.51. The second-order valence-corrected chi connectivity index (χ2v) is 6.51. The zero-order valence-electron chi connectivity index (χ0n) is 15.5. The fourth-order valence-electron chi connectivity index (χ4n) is 3.39. The molecule has 0 unspecified atom stereocenters.